The van der Waals surface area contributed by atoms with E-state index < -0.39 is 0 Å². The lowest BCUT2D eigenvalue weighted by molar-refractivity contribution is 0.261. The van der Waals surface area contributed by atoms with Gasteiger partial charge in [-0.1, -0.05) is 26.2 Å². The topological polar surface area (TPSA) is 29.9 Å². The maximum Gasteiger partial charge on any atom is 0.0625 e. The van der Waals surface area contributed by atoms with Gasteiger partial charge in [0, 0.05) is 12.6 Å². The zero-order valence-electron chi connectivity index (χ0n) is 11.4. The van der Waals surface area contributed by atoms with Gasteiger partial charge in [0.15, 0.2) is 0 Å². The predicted molar refractivity (Wildman–Crippen MR) is 71.0 cm³/mol. The summed E-state index contributed by atoms with van der Waals surface area (Å²) in [6, 6.07) is 2.76. The van der Waals surface area contributed by atoms with Crippen molar-refractivity contribution in [1.82, 2.24) is 15.1 Å². The molecule has 2 rings (SSSR count). The molecule has 1 aromatic rings. The van der Waals surface area contributed by atoms with Crippen molar-refractivity contribution in [2.45, 2.75) is 58.5 Å². The van der Waals surface area contributed by atoms with Crippen LogP contribution < -0.4 is 5.32 Å². The minimum atomic E-state index is 0.480. The summed E-state index contributed by atoms with van der Waals surface area (Å²) in [4.78, 5) is 0. The van der Waals surface area contributed by atoms with E-state index in [0.29, 0.717) is 6.04 Å². The van der Waals surface area contributed by atoms with Crippen LogP contribution in [0.5, 0.6) is 0 Å². The Balaban J connectivity index is 2.12. The molecule has 1 atom stereocenters. The number of nitrogens with one attached hydrogen (secondary N) is 1. The van der Waals surface area contributed by atoms with Crippen molar-refractivity contribution in [3.63, 3.8) is 0 Å². The van der Waals surface area contributed by atoms with E-state index in [0.717, 1.165) is 18.9 Å². The summed E-state index contributed by atoms with van der Waals surface area (Å²) in [6.45, 7) is 5.32. The van der Waals surface area contributed by atoms with E-state index in [4.69, 9.17) is 0 Å². The Kier molecular flexibility index (Phi) is 4.21. The molecule has 0 aromatic carbocycles. The molecule has 0 saturated heterocycles. The van der Waals surface area contributed by atoms with Crippen molar-refractivity contribution < 1.29 is 0 Å². The number of hydrogen-bond donors (Lipinski definition) is 1. The van der Waals surface area contributed by atoms with E-state index in [1.165, 1.54) is 37.1 Å². The highest BCUT2D eigenvalue weighted by atomic mass is 15.3. The normalized spacial score (nSPS) is 18.1. The smallest absolute Gasteiger partial charge is 0.0625 e. The van der Waals surface area contributed by atoms with E-state index in [2.05, 4.69) is 42.1 Å². The van der Waals surface area contributed by atoms with Gasteiger partial charge in [0.2, 0.25) is 0 Å². The van der Waals surface area contributed by atoms with Gasteiger partial charge >= 0.3 is 0 Å². The van der Waals surface area contributed by atoms with Crippen LogP contribution in [-0.2, 0) is 13.0 Å². The third kappa shape index (κ3) is 2.71. The van der Waals surface area contributed by atoms with Crippen LogP contribution in [0.1, 0.15) is 57.0 Å². The fourth-order valence-corrected chi connectivity index (χ4v) is 2.64. The summed E-state index contributed by atoms with van der Waals surface area (Å²) in [7, 11) is 2.07. The largest absolute Gasteiger partial charge is 0.312 e. The summed E-state index contributed by atoms with van der Waals surface area (Å²) < 4.78 is 2.17. The zero-order chi connectivity index (χ0) is 12.3. The third-order valence-corrected chi connectivity index (χ3v) is 4.02. The summed E-state index contributed by atoms with van der Waals surface area (Å²) in [6.07, 6.45) is 6.55. The first kappa shape index (κ1) is 12.6. The van der Waals surface area contributed by atoms with Gasteiger partial charge in [-0.05, 0) is 38.8 Å². The van der Waals surface area contributed by atoms with Crippen LogP contribution in [0.3, 0.4) is 0 Å². The molecule has 1 aliphatic carbocycles. The van der Waals surface area contributed by atoms with Gasteiger partial charge in [-0.25, -0.2) is 0 Å². The first-order chi connectivity index (χ1) is 8.28. The van der Waals surface area contributed by atoms with Crippen LogP contribution in [0.15, 0.2) is 6.07 Å². The summed E-state index contributed by atoms with van der Waals surface area (Å²) in [5, 5.41) is 8.11. The Morgan fingerprint density at radius 3 is 2.71 bits per heavy atom. The minimum Gasteiger partial charge on any atom is -0.312 e. The van der Waals surface area contributed by atoms with Gasteiger partial charge in [-0.15, -0.1) is 0 Å². The molecule has 1 saturated carbocycles. The standard InChI is InChI=1S/C14H25N3/c1-4-12-10-14(17(5-2)16-12)13(15-3)9-11-7-6-8-11/h10-11,13,15H,4-9H2,1-3H3. The van der Waals surface area contributed by atoms with Gasteiger partial charge in [0.1, 0.15) is 0 Å². The number of aryl methyl sites for hydroxylation is 2. The first-order valence-electron chi connectivity index (χ1n) is 7.02. The molecule has 0 spiro atoms. The van der Waals surface area contributed by atoms with Crippen molar-refractivity contribution in [1.29, 1.82) is 0 Å². The predicted octanol–water partition coefficient (Wildman–Crippen LogP) is 2.92. The molecule has 1 aliphatic rings. The molecule has 0 aliphatic heterocycles. The van der Waals surface area contributed by atoms with Crippen LogP contribution in [0.25, 0.3) is 0 Å². The fraction of sp³-hybridized carbons (Fsp3) is 0.786. The Hall–Kier alpha value is -0.830. The molecule has 0 bridgehead atoms. The molecule has 0 amide bonds. The summed E-state index contributed by atoms with van der Waals surface area (Å²) in [5.41, 5.74) is 2.59. The van der Waals surface area contributed by atoms with Crippen LogP contribution in [-0.4, -0.2) is 16.8 Å². The molecule has 1 N–H and O–H groups in total. The molecule has 1 aromatic heterocycles. The number of nitrogens with zero attached hydrogens (tertiary/aromatic N) is 2. The molecule has 1 fully saturated rings. The van der Waals surface area contributed by atoms with Gasteiger partial charge in [-0.3, -0.25) is 4.68 Å². The van der Waals surface area contributed by atoms with Crippen LogP contribution >= 0.6 is 0 Å². The van der Waals surface area contributed by atoms with E-state index >= 15 is 0 Å². The highest BCUT2D eigenvalue weighted by Crippen LogP contribution is 2.34. The van der Waals surface area contributed by atoms with Crippen molar-refractivity contribution in [3.05, 3.63) is 17.5 Å². The highest BCUT2D eigenvalue weighted by Gasteiger charge is 2.24. The number of hydrogen-bond acceptors (Lipinski definition) is 2. The van der Waals surface area contributed by atoms with Gasteiger partial charge in [-0.2, -0.15) is 5.10 Å². The molecule has 1 heterocycles. The lowest BCUT2D eigenvalue weighted by atomic mass is 9.80. The summed E-state index contributed by atoms with van der Waals surface area (Å²) in [5.74, 6) is 0.928. The molecule has 3 nitrogen and oxygen atoms in total. The second-order valence-corrected chi connectivity index (χ2v) is 5.10. The average Bonchev–Trinajstić information content (AvgIpc) is 2.71. The van der Waals surface area contributed by atoms with Crippen molar-refractivity contribution in [3.8, 4) is 0 Å². The lowest BCUT2D eigenvalue weighted by Crippen LogP contribution is -2.25. The lowest BCUT2D eigenvalue weighted by Gasteiger charge is -2.29. The van der Waals surface area contributed by atoms with E-state index in [1.54, 1.807) is 0 Å². The Bertz CT molecular complexity index is 352. The fourth-order valence-electron chi connectivity index (χ4n) is 2.64. The molecular formula is C14H25N3. The van der Waals surface area contributed by atoms with E-state index in [9.17, 15) is 0 Å². The first-order valence-corrected chi connectivity index (χ1v) is 7.02. The van der Waals surface area contributed by atoms with Crippen molar-refractivity contribution in [2.75, 3.05) is 7.05 Å². The second kappa shape index (κ2) is 5.67. The molecule has 0 radical (unpaired) electrons. The third-order valence-electron chi connectivity index (χ3n) is 4.02. The van der Waals surface area contributed by atoms with E-state index in [1.807, 2.05) is 0 Å². The summed E-state index contributed by atoms with van der Waals surface area (Å²) >= 11 is 0. The van der Waals surface area contributed by atoms with Crippen LogP contribution in [0, 0.1) is 5.92 Å². The molecule has 3 heteroatoms. The molecule has 17 heavy (non-hydrogen) atoms. The number of aromatic nitrogens is 2. The monoisotopic (exact) mass is 235 g/mol. The Morgan fingerprint density at radius 1 is 1.47 bits per heavy atom. The van der Waals surface area contributed by atoms with Crippen molar-refractivity contribution in [2.24, 2.45) is 5.92 Å². The van der Waals surface area contributed by atoms with Crippen molar-refractivity contribution >= 4 is 0 Å². The quantitative estimate of drug-likeness (QED) is 0.821. The molecule has 1 unspecified atom stereocenters. The maximum atomic E-state index is 4.64. The SMILES string of the molecule is CCc1cc(C(CC2CCC2)NC)n(CC)n1. The average molecular weight is 235 g/mol. The van der Waals surface area contributed by atoms with Gasteiger partial charge in [0.25, 0.3) is 0 Å². The van der Waals surface area contributed by atoms with E-state index in [-0.39, 0.29) is 0 Å². The molecule has 96 valence electrons. The van der Waals surface area contributed by atoms with Crippen LogP contribution in [0.4, 0.5) is 0 Å². The second-order valence-electron chi connectivity index (χ2n) is 5.10. The Labute approximate surface area is 105 Å². The Morgan fingerprint density at radius 2 is 2.24 bits per heavy atom. The van der Waals surface area contributed by atoms with Gasteiger partial charge in [0.05, 0.1) is 11.4 Å². The maximum absolute atomic E-state index is 4.64. The molecular weight excluding hydrogens is 210 g/mol. The zero-order valence-corrected chi connectivity index (χ0v) is 11.4. The number of rotatable bonds is 6. The minimum absolute atomic E-state index is 0.480. The van der Waals surface area contributed by atoms with Gasteiger partial charge < -0.3 is 5.32 Å². The van der Waals surface area contributed by atoms with Crippen LogP contribution in [0.2, 0.25) is 0 Å². The highest BCUT2D eigenvalue weighted by molar-refractivity contribution is 5.15.